The molecule has 0 unspecified atom stereocenters. The van der Waals surface area contributed by atoms with Crippen LogP contribution in [0.1, 0.15) is 18.2 Å². The SMILES string of the molecule is C#Cc1ncc(-c2cc(NC(C)=O)ccc2C)cc1N1CCOCC1. The lowest BCUT2D eigenvalue weighted by Crippen LogP contribution is -2.36. The predicted molar refractivity (Wildman–Crippen MR) is 99.7 cm³/mol. The third kappa shape index (κ3) is 3.81. The van der Waals surface area contributed by atoms with Crippen molar-refractivity contribution < 1.29 is 9.53 Å². The Morgan fingerprint density at radius 1 is 1.32 bits per heavy atom. The van der Waals surface area contributed by atoms with Crippen LogP contribution in [0.2, 0.25) is 0 Å². The van der Waals surface area contributed by atoms with Crippen LogP contribution in [0.15, 0.2) is 30.5 Å². The van der Waals surface area contributed by atoms with Gasteiger partial charge < -0.3 is 15.0 Å². The fourth-order valence-electron chi connectivity index (χ4n) is 2.97. The van der Waals surface area contributed by atoms with E-state index in [0.29, 0.717) is 18.9 Å². The molecule has 2 aromatic rings. The lowest BCUT2D eigenvalue weighted by Gasteiger charge is -2.29. The second-order valence-electron chi connectivity index (χ2n) is 6.05. The summed E-state index contributed by atoms with van der Waals surface area (Å²) in [5.74, 6) is 2.58. The van der Waals surface area contributed by atoms with Crippen LogP contribution in [0.5, 0.6) is 0 Å². The summed E-state index contributed by atoms with van der Waals surface area (Å²) in [6, 6.07) is 7.93. The van der Waals surface area contributed by atoms with E-state index in [-0.39, 0.29) is 5.91 Å². The minimum atomic E-state index is -0.0930. The molecule has 0 aliphatic carbocycles. The van der Waals surface area contributed by atoms with Crippen molar-refractivity contribution in [2.75, 3.05) is 36.5 Å². The molecule has 5 nitrogen and oxygen atoms in total. The first-order valence-corrected chi connectivity index (χ1v) is 8.26. The van der Waals surface area contributed by atoms with Crippen molar-refractivity contribution in [2.45, 2.75) is 13.8 Å². The van der Waals surface area contributed by atoms with Gasteiger partial charge in [-0.3, -0.25) is 4.79 Å². The Balaban J connectivity index is 2.03. The van der Waals surface area contributed by atoms with E-state index in [1.807, 2.05) is 25.1 Å². The molecule has 1 aliphatic rings. The first-order valence-electron chi connectivity index (χ1n) is 8.26. The van der Waals surface area contributed by atoms with E-state index in [0.717, 1.165) is 41.2 Å². The van der Waals surface area contributed by atoms with E-state index >= 15 is 0 Å². The highest BCUT2D eigenvalue weighted by Gasteiger charge is 2.17. The second kappa shape index (κ2) is 7.37. The van der Waals surface area contributed by atoms with Crippen molar-refractivity contribution in [2.24, 2.45) is 0 Å². The quantitative estimate of drug-likeness (QED) is 0.877. The minimum absolute atomic E-state index is 0.0930. The van der Waals surface area contributed by atoms with Gasteiger partial charge in [0.05, 0.1) is 18.9 Å². The number of carbonyl (C=O) groups is 1. The van der Waals surface area contributed by atoms with Gasteiger partial charge >= 0.3 is 0 Å². The van der Waals surface area contributed by atoms with Gasteiger partial charge in [-0.25, -0.2) is 4.98 Å². The highest BCUT2D eigenvalue weighted by molar-refractivity contribution is 5.90. The van der Waals surface area contributed by atoms with Crippen LogP contribution in [0.4, 0.5) is 11.4 Å². The summed E-state index contributed by atoms with van der Waals surface area (Å²) in [4.78, 5) is 18.0. The number of nitrogens with zero attached hydrogens (tertiary/aromatic N) is 2. The summed E-state index contributed by atoms with van der Waals surface area (Å²) >= 11 is 0. The molecule has 0 saturated carbocycles. The van der Waals surface area contributed by atoms with Crippen molar-refractivity contribution in [3.63, 3.8) is 0 Å². The Hall–Kier alpha value is -2.84. The molecule has 1 N–H and O–H groups in total. The van der Waals surface area contributed by atoms with E-state index in [1.165, 1.54) is 6.92 Å². The largest absolute Gasteiger partial charge is 0.378 e. The van der Waals surface area contributed by atoms with E-state index in [4.69, 9.17) is 11.2 Å². The van der Waals surface area contributed by atoms with E-state index in [9.17, 15) is 4.79 Å². The fraction of sp³-hybridized carbons (Fsp3) is 0.300. The third-order valence-corrected chi connectivity index (χ3v) is 4.23. The maximum absolute atomic E-state index is 11.3. The van der Waals surface area contributed by atoms with Gasteiger partial charge in [0.25, 0.3) is 0 Å². The number of pyridine rings is 1. The minimum Gasteiger partial charge on any atom is -0.378 e. The molecule has 0 bridgehead atoms. The topological polar surface area (TPSA) is 54.5 Å². The number of ether oxygens (including phenoxy) is 1. The van der Waals surface area contributed by atoms with Gasteiger partial charge in [0.2, 0.25) is 5.91 Å². The zero-order chi connectivity index (χ0) is 17.8. The molecule has 1 amide bonds. The number of morpholine rings is 1. The maximum atomic E-state index is 11.3. The number of terminal acetylenes is 1. The zero-order valence-electron chi connectivity index (χ0n) is 14.5. The second-order valence-corrected chi connectivity index (χ2v) is 6.05. The number of aromatic nitrogens is 1. The predicted octanol–water partition coefficient (Wildman–Crippen LogP) is 2.83. The molecule has 1 aliphatic heterocycles. The number of hydrogen-bond acceptors (Lipinski definition) is 4. The molecular weight excluding hydrogens is 314 g/mol. The molecule has 0 atom stereocenters. The summed E-state index contributed by atoms with van der Waals surface area (Å²) in [6.07, 6.45) is 7.43. The number of hydrogen-bond donors (Lipinski definition) is 1. The summed E-state index contributed by atoms with van der Waals surface area (Å²) in [5.41, 5.74) is 5.47. The van der Waals surface area contributed by atoms with E-state index < -0.39 is 0 Å². The molecule has 0 spiro atoms. The average molecular weight is 335 g/mol. The normalized spacial score (nSPS) is 14.0. The number of aryl methyl sites for hydroxylation is 1. The number of rotatable bonds is 3. The molecule has 1 aromatic carbocycles. The summed E-state index contributed by atoms with van der Waals surface area (Å²) in [7, 11) is 0. The van der Waals surface area contributed by atoms with Crippen molar-refractivity contribution in [1.29, 1.82) is 0 Å². The van der Waals surface area contributed by atoms with Crippen LogP contribution in [0.25, 0.3) is 11.1 Å². The Kier molecular flexibility index (Phi) is 5.01. The van der Waals surface area contributed by atoms with Gasteiger partial charge in [0, 0.05) is 37.5 Å². The first kappa shape index (κ1) is 17.0. The number of benzene rings is 1. The van der Waals surface area contributed by atoms with Crippen LogP contribution in [-0.4, -0.2) is 37.2 Å². The van der Waals surface area contributed by atoms with Crippen molar-refractivity contribution in [3.8, 4) is 23.5 Å². The van der Waals surface area contributed by atoms with Gasteiger partial charge in [-0.15, -0.1) is 6.42 Å². The van der Waals surface area contributed by atoms with E-state index in [1.54, 1.807) is 6.20 Å². The fourth-order valence-corrected chi connectivity index (χ4v) is 2.97. The molecule has 1 aromatic heterocycles. The van der Waals surface area contributed by atoms with Crippen LogP contribution in [-0.2, 0) is 9.53 Å². The van der Waals surface area contributed by atoms with Gasteiger partial charge in [0.1, 0.15) is 5.69 Å². The monoisotopic (exact) mass is 335 g/mol. The average Bonchev–Trinajstić information content (AvgIpc) is 2.63. The molecule has 128 valence electrons. The number of nitrogens with one attached hydrogen (secondary N) is 1. The van der Waals surface area contributed by atoms with Crippen LogP contribution in [0, 0.1) is 19.3 Å². The lowest BCUT2D eigenvalue weighted by atomic mass is 10.00. The number of amides is 1. The van der Waals surface area contributed by atoms with Gasteiger partial charge in [-0.2, -0.15) is 0 Å². The Morgan fingerprint density at radius 2 is 2.08 bits per heavy atom. The Bertz CT molecular complexity index is 833. The Labute approximate surface area is 148 Å². The number of anilines is 2. The van der Waals surface area contributed by atoms with Crippen molar-refractivity contribution in [1.82, 2.24) is 4.98 Å². The first-order chi connectivity index (χ1) is 12.1. The maximum Gasteiger partial charge on any atom is 0.221 e. The number of carbonyl (C=O) groups excluding carboxylic acids is 1. The molecule has 25 heavy (non-hydrogen) atoms. The molecule has 1 saturated heterocycles. The van der Waals surface area contributed by atoms with Crippen LogP contribution < -0.4 is 10.2 Å². The van der Waals surface area contributed by atoms with Crippen molar-refractivity contribution in [3.05, 3.63) is 41.7 Å². The molecule has 1 fully saturated rings. The van der Waals surface area contributed by atoms with Gasteiger partial charge in [0.15, 0.2) is 0 Å². The standard InChI is InChI=1S/C20H21N3O2/c1-4-19-20(23-7-9-25-10-8-23)11-16(13-21-19)18-12-17(22-15(3)24)6-5-14(18)2/h1,5-6,11-13H,7-10H2,2-3H3,(H,22,24). The van der Waals surface area contributed by atoms with Crippen LogP contribution >= 0.6 is 0 Å². The third-order valence-electron chi connectivity index (χ3n) is 4.23. The van der Waals surface area contributed by atoms with E-state index in [2.05, 4.69) is 27.2 Å². The smallest absolute Gasteiger partial charge is 0.221 e. The molecule has 2 heterocycles. The zero-order valence-corrected chi connectivity index (χ0v) is 14.5. The van der Waals surface area contributed by atoms with Crippen LogP contribution in [0.3, 0.4) is 0 Å². The molecule has 0 radical (unpaired) electrons. The van der Waals surface area contributed by atoms with Gasteiger partial charge in [-0.05, 0) is 42.2 Å². The summed E-state index contributed by atoms with van der Waals surface area (Å²) in [6.45, 7) is 6.50. The summed E-state index contributed by atoms with van der Waals surface area (Å²) in [5, 5.41) is 2.82. The van der Waals surface area contributed by atoms with Gasteiger partial charge in [-0.1, -0.05) is 6.07 Å². The summed E-state index contributed by atoms with van der Waals surface area (Å²) < 4.78 is 5.43. The van der Waals surface area contributed by atoms with Crippen molar-refractivity contribution >= 4 is 17.3 Å². The molecule has 3 rings (SSSR count). The Morgan fingerprint density at radius 3 is 2.76 bits per heavy atom. The highest BCUT2D eigenvalue weighted by Crippen LogP contribution is 2.30. The highest BCUT2D eigenvalue weighted by atomic mass is 16.5. The molecule has 5 heteroatoms. The molecular formula is C20H21N3O2. The lowest BCUT2D eigenvalue weighted by molar-refractivity contribution is -0.114.